The molecule has 7 nitrogen and oxygen atoms in total. The van der Waals surface area contributed by atoms with Gasteiger partial charge in [0, 0.05) is 24.8 Å². The van der Waals surface area contributed by atoms with Crippen molar-refractivity contribution >= 4 is 40.7 Å². The maximum absolute atomic E-state index is 13.1. The van der Waals surface area contributed by atoms with E-state index in [9.17, 15) is 9.59 Å². The molecule has 0 aliphatic rings. The minimum absolute atomic E-state index is 0.00857. The van der Waals surface area contributed by atoms with Crippen LogP contribution in [0.4, 0.5) is 0 Å². The molecule has 0 fully saturated rings. The number of benzene rings is 1. The van der Waals surface area contributed by atoms with Crippen molar-refractivity contribution in [1.82, 2.24) is 14.3 Å². The van der Waals surface area contributed by atoms with E-state index in [1.807, 2.05) is 18.7 Å². The number of hydrogen-bond donors (Lipinski definition) is 1. The lowest BCUT2D eigenvalue weighted by Gasteiger charge is -2.21. The number of hydrogen-bond acceptors (Lipinski definition) is 4. The zero-order chi connectivity index (χ0) is 23.3. The molecule has 0 saturated carbocycles. The van der Waals surface area contributed by atoms with E-state index in [-0.39, 0.29) is 12.3 Å². The molecule has 0 atom stereocenters. The van der Waals surface area contributed by atoms with Gasteiger partial charge in [-0.15, -0.1) is 0 Å². The monoisotopic (exact) mass is 477 g/mol. The van der Waals surface area contributed by atoms with Crippen molar-refractivity contribution in [2.45, 2.75) is 33.1 Å². The minimum atomic E-state index is -1.05. The lowest BCUT2D eigenvalue weighted by molar-refractivity contribution is -0.139. The van der Waals surface area contributed by atoms with Gasteiger partial charge in [0.2, 0.25) is 5.91 Å². The summed E-state index contributed by atoms with van der Waals surface area (Å²) < 4.78 is 6.97. The molecule has 9 heteroatoms. The van der Waals surface area contributed by atoms with Gasteiger partial charge in [0.05, 0.1) is 27.9 Å². The van der Waals surface area contributed by atoms with Gasteiger partial charge in [0.25, 0.3) is 0 Å². The highest BCUT2D eigenvalue weighted by Gasteiger charge is 2.22. The Balaban J connectivity index is 2.03. The summed E-state index contributed by atoms with van der Waals surface area (Å²) in [7, 11) is 0. The summed E-state index contributed by atoms with van der Waals surface area (Å²) in [6.45, 7) is 5.05. The third kappa shape index (κ3) is 5.53. The first kappa shape index (κ1) is 23.9. The number of aliphatic carboxylic acids is 1. The molecule has 3 aromatic rings. The fourth-order valence-corrected chi connectivity index (χ4v) is 4.04. The van der Waals surface area contributed by atoms with Gasteiger partial charge in [-0.05, 0) is 43.2 Å². The Morgan fingerprint density at radius 1 is 1.12 bits per heavy atom. The van der Waals surface area contributed by atoms with Crippen LogP contribution in [0.1, 0.15) is 32.4 Å². The number of ether oxygens (including phenoxy) is 1. The zero-order valence-electron chi connectivity index (χ0n) is 18.0. The maximum Gasteiger partial charge on any atom is 0.341 e. The highest BCUT2D eigenvalue weighted by molar-refractivity contribution is 6.36. The van der Waals surface area contributed by atoms with Crippen LogP contribution in [0.3, 0.4) is 0 Å². The average molecular weight is 478 g/mol. The summed E-state index contributed by atoms with van der Waals surface area (Å²) in [5, 5.41) is 9.61. The van der Waals surface area contributed by atoms with Crippen LogP contribution in [0.15, 0.2) is 36.5 Å². The fourth-order valence-electron chi connectivity index (χ4n) is 3.53. The van der Waals surface area contributed by atoms with Gasteiger partial charge >= 0.3 is 5.97 Å². The van der Waals surface area contributed by atoms with E-state index in [1.54, 1.807) is 40.9 Å². The van der Waals surface area contributed by atoms with E-state index in [2.05, 4.69) is 0 Å². The van der Waals surface area contributed by atoms with Crippen molar-refractivity contribution in [3.8, 4) is 17.0 Å². The predicted molar refractivity (Wildman–Crippen MR) is 125 cm³/mol. The third-order valence-electron chi connectivity index (χ3n) is 4.89. The van der Waals surface area contributed by atoms with E-state index < -0.39 is 12.6 Å². The average Bonchev–Trinajstić information content (AvgIpc) is 3.11. The van der Waals surface area contributed by atoms with E-state index in [0.717, 1.165) is 18.4 Å². The molecule has 1 N–H and O–H groups in total. The van der Waals surface area contributed by atoms with Gasteiger partial charge < -0.3 is 19.1 Å². The number of aromatic nitrogens is 2. The summed E-state index contributed by atoms with van der Waals surface area (Å²) in [6, 6.07) is 8.51. The molecule has 1 amide bonds. The van der Waals surface area contributed by atoms with Gasteiger partial charge in [0.15, 0.2) is 12.3 Å². The van der Waals surface area contributed by atoms with Crippen LogP contribution in [0.25, 0.3) is 16.9 Å². The van der Waals surface area contributed by atoms with Gasteiger partial charge in [-0.1, -0.05) is 37.0 Å². The Morgan fingerprint density at radius 3 is 2.38 bits per heavy atom. The Morgan fingerprint density at radius 2 is 1.78 bits per heavy atom. The first-order valence-electron chi connectivity index (χ1n) is 10.4. The molecule has 32 heavy (non-hydrogen) atoms. The Bertz CT molecular complexity index is 1110. The van der Waals surface area contributed by atoms with Gasteiger partial charge in [-0.2, -0.15) is 0 Å². The summed E-state index contributed by atoms with van der Waals surface area (Å²) in [6.07, 6.45) is 3.60. The number of carbonyl (C=O) groups excluding carboxylic acids is 1. The SMILES string of the molecule is CCCN(CCC)C(=O)Cc1c(-c2ccc(OCC(=O)O)cc2)nc2c(Cl)cc(Cl)cn12. The summed E-state index contributed by atoms with van der Waals surface area (Å²) in [5.41, 5.74) is 2.56. The molecule has 3 rings (SSSR count). The number of amides is 1. The topological polar surface area (TPSA) is 84.1 Å². The number of carboxylic acid groups (broad SMARTS) is 1. The standard InChI is InChI=1S/C23H25Cl2N3O4/c1-3-9-27(10-4-2)20(29)12-19-22(26-23-18(25)11-16(24)13-28(19)23)15-5-7-17(8-6-15)32-14-21(30)31/h5-8,11,13H,3-4,9-10,12,14H2,1-2H3,(H,30,31). The lowest BCUT2D eigenvalue weighted by Crippen LogP contribution is -2.34. The third-order valence-corrected chi connectivity index (χ3v) is 5.37. The Hall–Kier alpha value is -2.77. The van der Waals surface area contributed by atoms with Crippen molar-refractivity contribution < 1.29 is 19.4 Å². The van der Waals surface area contributed by atoms with Crippen molar-refractivity contribution in [2.75, 3.05) is 19.7 Å². The number of nitrogens with zero attached hydrogens (tertiary/aromatic N) is 3. The van der Waals surface area contributed by atoms with Crippen molar-refractivity contribution in [3.05, 3.63) is 52.3 Å². The Labute approximate surface area is 196 Å². The van der Waals surface area contributed by atoms with Gasteiger partial charge in [-0.3, -0.25) is 4.79 Å². The molecule has 2 aromatic heterocycles. The fraction of sp³-hybridized carbons (Fsp3) is 0.348. The first-order chi connectivity index (χ1) is 15.3. The molecule has 0 radical (unpaired) electrons. The summed E-state index contributed by atoms with van der Waals surface area (Å²) >= 11 is 12.6. The smallest absolute Gasteiger partial charge is 0.341 e. The zero-order valence-corrected chi connectivity index (χ0v) is 19.5. The van der Waals surface area contributed by atoms with Crippen molar-refractivity contribution in [2.24, 2.45) is 0 Å². The largest absolute Gasteiger partial charge is 0.482 e. The normalized spacial score (nSPS) is 11.0. The molecule has 0 aliphatic heterocycles. The molecule has 0 saturated heterocycles. The number of rotatable bonds is 10. The summed E-state index contributed by atoms with van der Waals surface area (Å²) in [5.74, 6) is -0.615. The summed E-state index contributed by atoms with van der Waals surface area (Å²) in [4.78, 5) is 30.4. The second-order valence-corrected chi connectivity index (χ2v) is 8.21. The van der Waals surface area contributed by atoms with Crippen LogP contribution in [-0.4, -0.2) is 51.0 Å². The molecule has 0 bridgehead atoms. The van der Waals surface area contributed by atoms with Crippen LogP contribution in [-0.2, 0) is 16.0 Å². The Kier molecular flexibility index (Phi) is 7.99. The quantitative estimate of drug-likeness (QED) is 0.445. The van der Waals surface area contributed by atoms with Crippen LogP contribution in [0.2, 0.25) is 10.0 Å². The molecule has 170 valence electrons. The van der Waals surface area contributed by atoms with E-state index >= 15 is 0 Å². The van der Waals surface area contributed by atoms with Crippen molar-refractivity contribution in [3.63, 3.8) is 0 Å². The number of fused-ring (bicyclic) bond motifs is 1. The van der Waals surface area contributed by atoms with E-state index in [0.29, 0.717) is 45.9 Å². The number of imidazole rings is 1. The van der Waals surface area contributed by atoms with Crippen molar-refractivity contribution in [1.29, 1.82) is 0 Å². The number of carboxylic acids is 1. The maximum atomic E-state index is 13.1. The lowest BCUT2D eigenvalue weighted by atomic mass is 10.1. The molecule has 0 aliphatic carbocycles. The minimum Gasteiger partial charge on any atom is -0.482 e. The molecule has 2 heterocycles. The highest BCUT2D eigenvalue weighted by atomic mass is 35.5. The van der Waals surface area contributed by atoms with Crippen LogP contribution >= 0.6 is 23.2 Å². The van der Waals surface area contributed by atoms with Gasteiger partial charge in [-0.25, -0.2) is 9.78 Å². The highest BCUT2D eigenvalue weighted by Crippen LogP contribution is 2.31. The number of halogens is 2. The second-order valence-electron chi connectivity index (χ2n) is 7.37. The van der Waals surface area contributed by atoms with E-state index in [4.69, 9.17) is 38.0 Å². The molecule has 0 spiro atoms. The van der Waals surface area contributed by atoms with Gasteiger partial charge in [0.1, 0.15) is 5.75 Å². The molecular weight excluding hydrogens is 453 g/mol. The van der Waals surface area contributed by atoms with Crippen LogP contribution in [0, 0.1) is 0 Å². The number of pyridine rings is 1. The second kappa shape index (κ2) is 10.7. The predicted octanol–water partition coefficient (Wildman–Crippen LogP) is 4.96. The van der Waals surface area contributed by atoms with Crippen LogP contribution in [0.5, 0.6) is 5.75 Å². The molecule has 1 aromatic carbocycles. The number of carbonyl (C=O) groups is 2. The molecular formula is C23H25Cl2N3O4. The van der Waals surface area contributed by atoms with Crippen LogP contribution < -0.4 is 4.74 Å². The first-order valence-corrected chi connectivity index (χ1v) is 11.2. The molecule has 0 unspecified atom stereocenters. The van der Waals surface area contributed by atoms with E-state index in [1.165, 1.54) is 0 Å².